The maximum absolute atomic E-state index is 14.2. The number of benzene rings is 9. The zero-order chi connectivity index (χ0) is 39.1. The van der Waals surface area contributed by atoms with Crippen LogP contribution in [0.2, 0.25) is 0 Å². The predicted molar refractivity (Wildman–Crippen MR) is 225 cm³/mol. The number of hydrogen-bond donors (Lipinski definition) is 0. The van der Waals surface area contributed by atoms with Crippen molar-refractivity contribution in [2.75, 3.05) is 9.80 Å². The number of halogens is 4. The highest BCUT2D eigenvalue weighted by Gasteiger charge is 2.25. The summed E-state index contributed by atoms with van der Waals surface area (Å²) in [4.78, 5) is 3.94. The first-order valence-electron chi connectivity index (χ1n) is 18.7. The number of anilines is 6. The van der Waals surface area contributed by atoms with Gasteiger partial charge in [0.1, 0.15) is 45.6 Å². The van der Waals surface area contributed by atoms with Crippen molar-refractivity contribution in [2.45, 2.75) is 0 Å². The highest BCUT2D eigenvalue weighted by atomic mass is 19.1. The van der Waals surface area contributed by atoms with Crippen LogP contribution in [0.3, 0.4) is 0 Å². The van der Waals surface area contributed by atoms with Gasteiger partial charge in [-0.15, -0.1) is 0 Å². The van der Waals surface area contributed by atoms with Crippen molar-refractivity contribution in [1.82, 2.24) is 0 Å². The maximum atomic E-state index is 14.2. The monoisotopic (exact) mass is 764 g/mol. The molecule has 0 aliphatic carbocycles. The van der Waals surface area contributed by atoms with Crippen molar-refractivity contribution < 1.29 is 26.4 Å². The van der Waals surface area contributed by atoms with Crippen molar-refractivity contribution in [3.8, 4) is 0 Å². The molecule has 0 saturated heterocycles. The number of nitrogens with zero attached hydrogens (tertiary/aromatic N) is 2. The van der Waals surface area contributed by atoms with E-state index < -0.39 is 0 Å². The van der Waals surface area contributed by atoms with Gasteiger partial charge in [0.25, 0.3) is 0 Å². The number of furan rings is 2. The highest BCUT2D eigenvalue weighted by Crippen LogP contribution is 2.50. The van der Waals surface area contributed by atoms with E-state index in [4.69, 9.17) is 8.83 Å². The summed E-state index contributed by atoms with van der Waals surface area (Å²) in [5.74, 6) is -1.46. The van der Waals surface area contributed by atoms with E-state index in [1.165, 1.54) is 48.5 Å². The van der Waals surface area contributed by atoms with Gasteiger partial charge in [-0.25, -0.2) is 17.6 Å². The Bertz CT molecular complexity index is 3060. The normalized spacial score (nSPS) is 11.8. The van der Waals surface area contributed by atoms with Crippen molar-refractivity contribution in [2.24, 2.45) is 0 Å². The summed E-state index contributed by atoms with van der Waals surface area (Å²) in [6.07, 6.45) is 0. The summed E-state index contributed by atoms with van der Waals surface area (Å²) in [7, 11) is 0. The van der Waals surface area contributed by atoms with Gasteiger partial charge in [0.2, 0.25) is 0 Å². The first-order chi connectivity index (χ1) is 28.4. The minimum atomic E-state index is -0.366. The number of fused-ring (bicyclic) bond motifs is 11. The molecular weight excluding hydrogens is 737 g/mol. The van der Waals surface area contributed by atoms with Gasteiger partial charge in [0, 0.05) is 67.2 Å². The van der Waals surface area contributed by atoms with Crippen LogP contribution >= 0.6 is 0 Å². The molecular formula is C50H28F4N2O2. The molecule has 11 aromatic rings. The Morgan fingerprint density at radius 1 is 0.293 bits per heavy atom. The third-order valence-electron chi connectivity index (χ3n) is 10.9. The molecule has 0 radical (unpaired) electrons. The van der Waals surface area contributed by atoms with E-state index in [0.717, 1.165) is 54.5 Å². The average molecular weight is 765 g/mol. The van der Waals surface area contributed by atoms with E-state index in [0.29, 0.717) is 45.1 Å². The van der Waals surface area contributed by atoms with E-state index in [1.54, 1.807) is 48.5 Å². The first-order valence-corrected chi connectivity index (χ1v) is 18.7. The third kappa shape index (κ3) is 5.29. The largest absolute Gasteiger partial charge is 0.456 e. The lowest BCUT2D eigenvalue weighted by atomic mass is 9.96. The van der Waals surface area contributed by atoms with Crippen LogP contribution in [0.25, 0.3) is 65.4 Å². The summed E-state index contributed by atoms with van der Waals surface area (Å²) in [5, 5.41) is 7.21. The lowest BCUT2D eigenvalue weighted by Crippen LogP contribution is -2.10. The molecule has 0 aliphatic heterocycles. The van der Waals surface area contributed by atoms with Gasteiger partial charge in [0.15, 0.2) is 0 Å². The summed E-state index contributed by atoms with van der Waals surface area (Å²) in [6, 6.07) is 48.7. The van der Waals surface area contributed by atoms with Gasteiger partial charge >= 0.3 is 0 Å². The van der Waals surface area contributed by atoms with Crippen LogP contribution in [0.5, 0.6) is 0 Å². The minimum Gasteiger partial charge on any atom is -0.456 e. The van der Waals surface area contributed by atoms with E-state index in [9.17, 15) is 17.6 Å². The minimum absolute atomic E-state index is 0.366. The van der Waals surface area contributed by atoms with Crippen LogP contribution in [-0.2, 0) is 0 Å². The molecule has 0 amide bonds. The summed E-state index contributed by atoms with van der Waals surface area (Å²) in [5.41, 5.74) is 6.87. The van der Waals surface area contributed by atoms with Gasteiger partial charge < -0.3 is 18.6 Å². The van der Waals surface area contributed by atoms with E-state index in [2.05, 4.69) is 12.1 Å². The highest BCUT2D eigenvalue weighted by molar-refractivity contribution is 6.35. The molecule has 0 aliphatic rings. The van der Waals surface area contributed by atoms with Gasteiger partial charge in [-0.05, 0) is 120 Å². The van der Waals surface area contributed by atoms with Gasteiger partial charge in [-0.2, -0.15) is 0 Å². The molecule has 0 saturated carbocycles. The molecule has 0 unspecified atom stereocenters. The molecule has 0 N–H and O–H groups in total. The molecule has 0 bridgehead atoms. The van der Waals surface area contributed by atoms with Crippen LogP contribution in [0, 0.1) is 23.3 Å². The Kier molecular flexibility index (Phi) is 7.56. The molecule has 0 atom stereocenters. The Balaban J connectivity index is 1.21. The maximum Gasteiger partial charge on any atom is 0.138 e. The topological polar surface area (TPSA) is 32.8 Å². The SMILES string of the molecule is Fc1ccc(N(c2ccc(F)cc2)c2cc3oc4ccc5oc6cc(N(c7ccc(F)cc7)c7ccc(F)cc7)c7ccccc7c6c5c4c3c3ccccc23)cc1. The van der Waals surface area contributed by atoms with Crippen molar-refractivity contribution in [1.29, 1.82) is 0 Å². The fraction of sp³-hybridized carbons (Fsp3) is 0. The summed E-state index contributed by atoms with van der Waals surface area (Å²) in [6.45, 7) is 0. The van der Waals surface area contributed by atoms with Gasteiger partial charge in [-0.3, -0.25) is 0 Å². The third-order valence-corrected chi connectivity index (χ3v) is 10.9. The second-order valence-corrected chi connectivity index (χ2v) is 14.2. The lowest BCUT2D eigenvalue weighted by Gasteiger charge is -2.27. The molecule has 0 spiro atoms. The number of hydrogen-bond acceptors (Lipinski definition) is 4. The fourth-order valence-electron chi connectivity index (χ4n) is 8.39. The molecule has 278 valence electrons. The van der Waals surface area contributed by atoms with E-state index >= 15 is 0 Å². The molecule has 2 aromatic heterocycles. The summed E-state index contributed by atoms with van der Waals surface area (Å²) >= 11 is 0. The van der Waals surface area contributed by atoms with Crippen LogP contribution in [0.1, 0.15) is 0 Å². The molecule has 58 heavy (non-hydrogen) atoms. The number of rotatable bonds is 6. The standard InChI is InChI=1S/C50H28F4N2O2/c51-29-9-17-33(18-10-29)55(34-19-11-30(52)12-20-34)41-27-45-47(39-7-3-1-5-37(39)41)49-43(57-45)25-26-44-50(49)48-40-8-4-2-6-38(40)42(28-46(48)58-44)56(35-21-13-31(53)14-22-35)36-23-15-32(54)16-24-36/h1-28H. The summed E-state index contributed by atoms with van der Waals surface area (Å²) < 4.78 is 70.4. The van der Waals surface area contributed by atoms with E-state index in [1.807, 2.05) is 70.5 Å². The van der Waals surface area contributed by atoms with E-state index in [-0.39, 0.29) is 23.3 Å². The average Bonchev–Trinajstić information content (AvgIpc) is 3.82. The first kappa shape index (κ1) is 33.7. The molecule has 4 nitrogen and oxygen atoms in total. The Morgan fingerprint density at radius 2 is 0.586 bits per heavy atom. The zero-order valence-corrected chi connectivity index (χ0v) is 30.4. The molecule has 0 fully saturated rings. The van der Waals surface area contributed by atoms with Crippen molar-refractivity contribution >= 4 is 99.5 Å². The zero-order valence-electron chi connectivity index (χ0n) is 30.4. The van der Waals surface area contributed by atoms with Gasteiger partial charge in [-0.1, -0.05) is 48.5 Å². The van der Waals surface area contributed by atoms with Gasteiger partial charge in [0.05, 0.1) is 11.4 Å². The lowest BCUT2D eigenvalue weighted by molar-refractivity contribution is 0.627. The molecule has 9 aromatic carbocycles. The molecule has 11 rings (SSSR count). The Labute approximate surface area is 328 Å². The van der Waals surface area contributed by atoms with Crippen molar-refractivity contribution in [3.05, 3.63) is 193 Å². The molecule has 2 heterocycles. The molecule has 8 heteroatoms. The second kappa shape index (κ2) is 13.0. The van der Waals surface area contributed by atoms with Crippen LogP contribution < -0.4 is 9.80 Å². The van der Waals surface area contributed by atoms with Crippen molar-refractivity contribution in [3.63, 3.8) is 0 Å². The second-order valence-electron chi connectivity index (χ2n) is 14.2. The Hall–Kier alpha value is -7.58. The Morgan fingerprint density at radius 3 is 0.897 bits per heavy atom. The van der Waals surface area contributed by atoms with Crippen LogP contribution in [0.15, 0.2) is 179 Å². The van der Waals surface area contributed by atoms with Crippen LogP contribution in [0.4, 0.5) is 51.7 Å². The fourth-order valence-corrected chi connectivity index (χ4v) is 8.39. The predicted octanol–water partition coefficient (Wildman–Crippen LogP) is 15.3. The smallest absolute Gasteiger partial charge is 0.138 e. The quantitative estimate of drug-likeness (QED) is 0.158. The van der Waals surface area contributed by atoms with Crippen LogP contribution in [-0.4, -0.2) is 0 Å².